The van der Waals surface area contributed by atoms with E-state index in [9.17, 15) is 0 Å². The van der Waals surface area contributed by atoms with Crippen LogP contribution in [-0.4, -0.2) is 19.7 Å². The summed E-state index contributed by atoms with van der Waals surface area (Å²) < 4.78 is 5.16. The van der Waals surface area contributed by atoms with Gasteiger partial charge in [0.05, 0.1) is 7.11 Å². The van der Waals surface area contributed by atoms with Gasteiger partial charge in [0.2, 0.25) is 0 Å². The largest absolute Gasteiger partial charge is 0.497 e. The van der Waals surface area contributed by atoms with Gasteiger partial charge < -0.3 is 10.1 Å². The number of benzene rings is 1. The zero-order valence-corrected chi connectivity index (χ0v) is 10.3. The molecule has 0 radical (unpaired) electrons. The smallest absolute Gasteiger partial charge is 0.118 e. The summed E-state index contributed by atoms with van der Waals surface area (Å²) >= 11 is 0. The molecule has 2 rings (SSSR count). The minimum Gasteiger partial charge on any atom is -0.497 e. The fourth-order valence-corrected chi connectivity index (χ4v) is 2.28. The predicted octanol–water partition coefficient (Wildman–Crippen LogP) is 2.55. The Balaban J connectivity index is 1.77. The van der Waals surface area contributed by atoms with Gasteiger partial charge in [0.1, 0.15) is 5.75 Å². The molecule has 1 fully saturated rings. The molecule has 1 saturated carbocycles. The van der Waals surface area contributed by atoms with Crippen molar-refractivity contribution in [3.05, 3.63) is 29.8 Å². The maximum Gasteiger partial charge on any atom is 0.118 e. The number of nitrogens with one attached hydrogen (secondary N) is 1. The van der Waals surface area contributed by atoms with Gasteiger partial charge in [-0.1, -0.05) is 12.1 Å². The molecule has 90 valence electrons. The molecule has 0 heterocycles. The summed E-state index contributed by atoms with van der Waals surface area (Å²) in [6.07, 6.45) is 8.48. The van der Waals surface area contributed by atoms with E-state index in [1.165, 1.54) is 18.4 Å². The van der Waals surface area contributed by atoms with Crippen LogP contribution in [-0.2, 0) is 0 Å². The third-order valence-corrected chi connectivity index (χ3v) is 3.43. The van der Waals surface area contributed by atoms with Crippen molar-refractivity contribution in [3.63, 3.8) is 0 Å². The molecule has 0 aliphatic heterocycles. The molecule has 17 heavy (non-hydrogen) atoms. The average Bonchev–Trinajstić information content (AvgIpc) is 2.32. The monoisotopic (exact) mass is 229 g/mol. The van der Waals surface area contributed by atoms with E-state index in [0.29, 0.717) is 12.0 Å². The zero-order valence-electron chi connectivity index (χ0n) is 10.3. The molecule has 1 N–H and O–H groups in total. The van der Waals surface area contributed by atoms with Crippen molar-refractivity contribution in [2.45, 2.75) is 31.2 Å². The van der Waals surface area contributed by atoms with E-state index in [1.54, 1.807) is 7.11 Å². The first-order valence-corrected chi connectivity index (χ1v) is 6.14. The summed E-state index contributed by atoms with van der Waals surface area (Å²) in [4.78, 5) is 0. The van der Waals surface area contributed by atoms with E-state index < -0.39 is 0 Å². The van der Waals surface area contributed by atoms with E-state index in [4.69, 9.17) is 11.2 Å². The Hall–Kier alpha value is -1.46. The summed E-state index contributed by atoms with van der Waals surface area (Å²) in [6, 6.07) is 9.06. The molecular formula is C15H19NO. The van der Waals surface area contributed by atoms with Crippen molar-refractivity contribution in [3.8, 4) is 18.1 Å². The van der Waals surface area contributed by atoms with E-state index in [1.807, 2.05) is 12.1 Å². The van der Waals surface area contributed by atoms with E-state index in [-0.39, 0.29) is 0 Å². The lowest BCUT2D eigenvalue weighted by Gasteiger charge is -2.36. The molecule has 0 saturated heterocycles. The lowest BCUT2D eigenvalue weighted by atomic mass is 9.76. The molecule has 0 unspecified atom stereocenters. The molecule has 1 aromatic carbocycles. The summed E-state index contributed by atoms with van der Waals surface area (Å²) in [5.74, 6) is 4.28. The Kier molecular flexibility index (Phi) is 4.06. The zero-order chi connectivity index (χ0) is 12.1. The molecule has 1 aliphatic carbocycles. The molecule has 2 nitrogen and oxygen atoms in total. The Morgan fingerprint density at radius 1 is 1.35 bits per heavy atom. The Bertz CT molecular complexity index is 384. The summed E-state index contributed by atoms with van der Waals surface area (Å²) in [5.41, 5.74) is 1.42. The van der Waals surface area contributed by atoms with Crippen LogP contribution >= 0.6 is 0 Å². The maximum atomic E-state index is 5.22. The third kappa shape index (κ3) is 3.01. The number of rotatable bonds is 5. The third-order valence-electron chi connectivity index (χ3n) is 3.43. The second-order valence-electron chi connectivity index (χ2n) is 4.55. The van der Waals surface area contributed by atoms with Crippen molar-refractivity contribution < 1.29 is 4.74 Å². The molecule has 0 aromatic heterocycles. The van der Waals surface area contributed by atoms with Gasteiger partial charge in [-0.2, -0.15) is 0 Å². The molecule has 0 atom stereocenters. The summed E-state index contributed by atoms with van der Waals surface area (Å²) in [5, 5.41) is 3.48. The highest BCUT2D eigenvalue weighted by Gasteiger charge is 2.29. The number of hydrogen-bond acceptors (Lipinski definition) is 2. The Labute approximate surface area is 103 Å². The fourth-order valence-electron chi connectivity index (χ4n) is 2.28. The van der Waals surface area contributed by atoms with Gasteiger partial charge in [0.25, 0.3) is 0 Å². The maximum absolute atomic E-state index is 5.22. The lowest BCUT2D eigenvalue weighted by Crippen LogP contribution is -2.40. The number of ether oxygens (including phenoxy) is 1. The predicted molar refractivity (Wildman–Crippen MR) is 70.2 cm³/mol. The van der Waals surface area contributed by atoms with Gasteiger partial charge >= 0.3 is 0 Å². The highest BCUT2D eigenvalue weighted by atomic mass is 16.5. The van der Waals surface area contributed by atoms with Crippen molar-refractivity contribution in [2.24, 2.45) is 0 Å². The van der Waals surface area contributed by atoms with Crippen molar-refractivity contribution >= 4 is 0 Å². The van der Waals surface area contributed by atoms with Crippen molar-refractivity contribution in [1.82, 2.24) is 5.32 Å². The quantitative estimate of drug-likeness (QED) is 0.619. The van der Waals surface area contributed by atoms with Gasteiger partial charge in [0.15, 0.2) is 0 Å². The van der Waals surface area contributed by atoms with Crippen LogP contribution in [0.3, 0.4) is 0 Å². The second-order valence-corrected chi connectivity index (χ2v) is 4.55. The number of hydrogen-bond donors (Lipinski definition) is 1. The van der Waals surface area contributed by atoms with Crippen molar-refractivity contribution in [1.29, 1.82) is 0 Å². The molecule has 0 amide bonds. The molecule has 0 bridgehead atoms. The van der Waals surface area contributed by atoms with Crippen LogP contribution in [0, 0.1) is 12.3 Å². The first kappa shape index (κ1) is 12.0. The number of terminal acetylenes is 1. The van der Waals surface area contributed by atoms with Crippen LogP contribution in [0.4, 0.5) is 0 Å². The van der Waals surface area contributed by atoms with E-state index in [2.05, 4.69) is 23.4 Å². The van der Waals surface area contributed by atoms with Crippen LogP contribution in [0.1, 0.15) is 30.7 Å². The topological polar surface area (TPSA) is 21.3 Å². The molecule has 1 aliphatic rings. The minimum atomic E-state index is 0.649. The van der Waals surface area contributed by atoms with Gasteiger partial charge in [-0.25, -0.2) is 0 Å². The molecule has 2 heteroatoms. The fraction of sp³-hybridized carbons (Fsp3) is 0.467. The van der Waals surface area contributed by atoms with Gasteiger partial charge in [-0.15, -0.1) is 12.3 Å². The minimum absolute atomic E-state index is 0.649. The highest BCUT2D eigenvalue weighted by molar-refractivity contribution is 5.30. The normalized spacial score (nSPS) is 22.6. The molecular weight excluding hydrogens is 210 g/mol. The van der Waals surface area contributed by atoms with Crippen LogP contribution in [0.2, 0.25) is 0 Å². The highest BCUT2D eigenvalue weighted by Crippen LogP contribution is 2.37. The van der Waals surface area contributed by atoms with Gasteiger partial charge in [-0.05, 0) is 36.5 Å². The standard InChI is InChI=1S/C15H19NO/c1-3-4-9-16-14-10-13(11-14)12-5-7-15(17-2)8-6-12/h1,5-8,13-14,16H,4,9-11H2,2H3. The molecule has 0 spiro atoms. The van der Waals surface area contributed by atoms with E-state index >= 15 is 0 Å². The van der Waals surface area contributed by atoms with Crippen LogP contribution in [0.15, 0.2) is 24.3 Å². The Morgan fingerprint density at radius 3 is 2.65 bits per heavy atom. The molecule has 1 aromatic rings. The summed E-state index contributed by atoms with van der Waals surface area (Å²) in [7, 11) is 1.70. The van der Waals surface area contributed by atoms with Crippen molar-refractivity contribution in [2.75, 3.05) is 13.7 Å². The summed E-state index contributed by atoms with van der Waals surface area (Å²) in [6.45, 7) is 0.941. The van der Waals surface area contributed by atoms with E-state index in [0.717, 1.165) is 18.7 Å². The first-order chi connectivity index (χ1) is 8.33. The second kappa shape index (κ2) is 5.75. The number of methoxy groups -OCH3 is 1. The van der Waals surface area contributed by atoms with Gasteiger partial charge in [-0.3, -0.25) is 0 Å². The van der Waals surface area contributed by atoms with Crippen LogP contribution in [0.25, 0.3) is 0 Å². The average molecular weight is 229 g/mol. The lowest BCUT2D eigenvalue weighted by molar-refractivity contribution is 0.293. The Morgan fingerprint density at radius 2 is 2.06 bits per heavy atom. The van der Waals surface area contributed by atoms with Gasteiger partial charge in [0, 0.05) is 19.0 Å². The first-order valence-electron chi connectivity index (χ1n) is 6.14. The SMILES string of the molecule is C#CCCNC1CC(c2ccc(OC)cc2)C1. The van der Waals surface area contributed by atoms with Crippen LogP contribution < -0.4 is 10.1 Å². The van der Waals surface area contributed by atoms with Crippen LogP contribution in [0.5, 0.6) is 5.75 Å².